The number of phenolic OH excluding ortho intramolecular Hbond substituents is 1. The third-order valence-corrected chi connectivity index (χ3v) is 5.52. The number of allylic oxidation sites excluding steroid dienone is 2. The second kappa shape index (κ2) is 8.49. The Bertz CT molecular complexity index is 999. The van der Waals surface area contributed by atoms with E-state index in [0.717, 1.165) is 11.3 Å². The molecule has 0 bridgehead atoms. The quantitative estimate of drug-likeness (QED) is 0.425. The fourth-order valence-corrected chi connectivity index (χ4v) is 3.70. The minimum atomic E-state index is -0.468. The second-order valence-corrected chi connectivity index (χ2v) is 7.25. The molecule has 1 atom stereocenters. The lowest BCUT2D eigenvalue weighted by atomic mass is 9.88. The Hall–Kier alpha value is -3.12. The molecule has 0 radical (unpaired) electrons. The van der Waals surface area contributed by atoms with E-state index >= 15 is 0 Å². The molecular formula is C23H24N2O3S. The van der Waals surface area contributed by atoms with E-state index in [2.05, 4.69) is 11.9 Å². The van der Waals surface area contributed by atoms with Gasteiger partial charge in [0, 0.05) is 29.4 Å². The van der Waals surface area contributed by atoms with Crippen molar-refractivity contribution in [3.8, 4) is 11.5 Å². The lowest BCUT2D eigenvalue weighted by Crippen LogP contribution is -2.45. The molecule has 0 fully saturated rings. The Morgan fingerprint density at radius 3 is 2.66 bits per heavy atom. The number of methoxy groups -OCH3 is 1. The van der Waals surface area contributed by atoms with Gasteiger partial charge in [-0.2, -0.15) is 0 Å². The van der Waals surface area contributed by atoms with Gasteiger partial charge in [-0.05, 0) is 43.3 Å². The number of carbonyl (C=O) groups is 1. The molecule has 0 spiro atoms. The van der Waals surface area contributed by atoms with Crippen molar-refractivity contribution in [1.29, 1.82) is 0 Å². The molecule has 0 aromatic heterocycles. The van der Waals surface area contributed by atoms with Crippen LogP contribution in [0.25, 0.3) is 0 Å². The summed E-state index contributed by atoms with van der Waals surface area (Å²) in [5.74, 6) is 0.339. The van der Waals surface area contributed by atoms with Gasteiger partial charge < -0.3 is 20.1 Å². The van der Waals surface area contributed by atoms with Crippen molar-refractivity contribution in [2.24, 2.45) is 0 Å². The van der Waals surface area contributed by atoms with Gasteiger partial charge in [0.25, 0.3) is 0 Å². The Morgan fingerprint density at radius 2 is 2.03 bits per heavy atom. The smallest absolute Gasteiger partial charge is 0.193 e. The fourth-order valence-electron chi connectivity index (χ4n) is 3.45. The third kappa shape index (κ3) is 3.89. The van der Waals surface area contributed by atoms with Crippen LogP contribution in [0.3, 0.4) is 0 Å². The van der Waals surface area contributed by atoms with E-state index in [0.29, 0.717) is 34.0 Å². The molecule has 1 heterocycles. The molecular weight excluding hydrogens is 384 g/mol. The Kier molecular flexibility index (Phi) is 6.03. The number of rotatable bonds is 6. The number of ketones is 1. The van der Waals surface area contributed by atoms with Crippen LogP contribution in [0.1, 0.15) is 34.5 Å². The molecule has 0 saturated heterocycles. The van der Waals surface area contributed by atoms with Crippen molar-refractivity contribution in [1.82, 2.24) is 10.2 Å². The van der Waals surface area contributed by atoms with E-state index < -0.39 is 6.04 Å². The fraction of sp³-hybridized carbons (Fsp3) is 0.217. The molecule has 6 heteroatoms. The third-order valence-electron chi connectivity index (χ3n) is 5.13. The lowest BCUT2D eigenvalue weighted by Gasteiger charge is -2.36. The average molecular weight is 409 g/mol. The van der Waals surface area contributed by atoms with Crippen LogP contribution in [-0.2, 0) is 6.42 Å². The van der Waals surface area contributed by atoms with Gasteiger partial charge in [-0.1, -0.05) is 36.4 Å². The zero-order chi connectivity index (χ0) is 21.1. The molecule has 1 aliphatic rings. The molecule has 0 saturated carbocycles. The van der Waals surface area contributed by atoms with Crippen molar-refractivity contribution in [2.75, 3.05) is 14.2 Å². The maximum absolute atomic E-state index is 13.4. The Morgan fingerprint density at radius 1 is 1.34 bits per heavy atom. The Labute approximate surface area is 176 Å². The van der Waals surface area contributed by atoms with Gasteiger partial charge >= 0.3 is 0 Å². The molecule has 5 nitrogen and oxygen atoms in total. The number of thiocarbonyl (C=S) groups is 1. The standard InChI is InChI=1S/C23H24N2O3S/c1-5-9-16-12-17(13-18(28-4)21(16)26)20-19(14(2)25(3)23(29)24-20)22(27)15-10-7-6-8-11-15/h5-8,10-13,20,26H,1,9H2,2-4H3,(H,24,29). The number of hydrogen-bond acceptors (Lipinski definition) is 4. The number of Topliss-reactive ketones (excluding diaryl/α,β-unsaturated/α-hetero) is 1. The van der Waals surface area contributed by atoms with Gasteiger partial charge in [-0.3, -0.25) is 4.79 Å². The lowest BCUT2D eigenvalue weighted by molar-refractivity contribution is 0.102. The van der Waals surface area contributed by atoms with Crippen LogP contribution in [-0.4, -0.2) is 35.1 Å². The zero-order valence-corrected chi connectivity index (χ0v) is 17.5. The molecule has 150 valence electrons. The van der Waals surface area contributed by atoms with Crippen molar-refractivity contribution >= 4 is 23.1 Å². The molecule has 2 N–H and O–H groups in total. The molecule has 3 rings (SSSR count). The number of hydrogen-bond donors (Lipinski definition) is 2. The summed E-state index contributed by atoms with van der Waals surface area (Å²) < 4.78 is 5.36. The summed E-state index contributed by atoms with van der Waals surface area (Å²) in [5, 5.41) is 14.2. The summed E-state index contributed by atoms with van der Waals surface area (Å²) in [7, 11) is 3.33. The molecule has 1 aliphatic heterocycles. The number of benzene rings is 2. The summed E-state index contributed by atoms with van der Waals surface area (Å²) in [5.41, 5.74) is 3.44. The topological polar surface area (TPSA) is 61.8 Å². The number of nitrogens with one attached hydrogen (secondary N) is 1. The highest BCUT2D eigenvalue weighted by atomic mass is 32.1. The first-order valence-electron chi connectivity index (χ1n) is 9.24. The van der Waals surface area contributed by atoms with Gasteiger partial charge in [0.15, 0.2) is 22.4 Å². The number of nitrogens with zero attached hydrogens (tertiary/aromatic N) is 1. The first-order valence-corrected chi connectivity index (χ1v) is 9.65. The first-order chi connectivity index (χ1) is 13.9. The number of aromatic hydroxyl groups is 1. The Balaban J connectivity index is 2.18. The number of carbonyl (C=O) groups excluding carboxylic acids is 1. The highest BCUT2D eigenvalue weighted by Gasteiger charge is 2.33. The molecule has 1 unspecified atom stereocenters. The molecule has 29 heavy (non-hydrogen) atoms. The van der Waals surface area contributed by atoms with Crippen LogP contribution < -0.4 is 10.1 Å². The van der Waals surface area contributed by atoms with Crippen LogP contribution >= 0.6 is 12.2 Å². The summed E-state index contributed by atoms with van der Waals surface area (Å²) in [4.78, 5) is 15.2. The van der Waals surface area contributed by atoms with Gasteiger partial charge in [0.05, 0.1) is 13.2 Å². The van der Waals surface area contributed by atoms with Crippen LogP contribution in [0.5, 0.6) is 11.5 Å². The normalized spacial score (nSPS) is 16.4. The number of phenols is 1. The van der Waals surface area contributed by atoms with Crippen LogP contribution in [0.2, 0.25) is 0 Å². The summed E-state index contributed by atoms with van der Waals surface area (Å²) >= 11 is 5.48. The van der Waals surface area contributed by atoms with Crippen LogP contribution in [0.4, 0.5) is 0 Å². The largest absolute Gasteiger partial charge is 0.504 e. The average Bonchev–Trinajstić information content (AvgIpc) is 2.73. The van der Waals surface area contributed by atoms with Crippen molar-refractivity contribution in [3.63, 3.8) is 0 Å². The SMILES string of the molecule is C=CCc1cc(C2NC(=S)N(C)C(C)=C2C(=O)c2ccccc2)cc(OC)c1O. The summed E-state index contributed by atoms with van der Waals surface area (Å²) in [6.45, 7) is 5.64. The molecule has 2 aromatic rings. The zero-order valence-electron chi connectivity index (χ0n) is 16.7. The summed E-state index contributed by atoms with van der Waals surface area (Å²) in [6.07, 6.45) is 2.18. The van der Waals surface area contributed by atoms with Crippen LogP contribution in [0, 0.1) is 0 Å². The van der Waals surface area contributed by atoms with E-state index in [4.69, 9.17) is 17.0 Å². The molecule has 0 aliphatic carbocycles. The van der Waals surface area contributed by atoms with Gasteiger partial charge in [0.1, 0.15) is 0 Å². The van der Waals surface area contributed by atoms with Crippen molar-refractivity contribution in [3.05, 3.63) is 83.1 Å². The number of ether oxygens (including phenoxy) is 1. The van der Waals surface area contributed by atoms with E-state index in [-0.39, 0.29) is 11.5 Å². The monoisotopic (exact) mass is 408 g/mol. The second-order valence-electron chi connectivity index (χ2n) is 6.86. The summed E-state index contributed by atoms with van der Waals surface area (Å²) in [6, 6.07) is 12.3. The van der Waals surface area contributed by atoms with E-state index in [1.165, 1.54) is 7.11 Å². The van der Waals surface area contributed by atoms with E-state index in [9.17, 15) is 9.90 Å². The predicted octanol–water partition coefficient (Wildman–Crippen LogP) is 4.15. The first kappa shape index (κ1) is 20.6. The van der Waals surface area contributed by atoms with Crippen molar-refractivity contribution in [2.45, 2.75) is 19.4 Å². The van der Waals surface area contributed by atoms with Gasteiger partial charge in [-0.15, -0.1) is 6.58 Å². The maximum atomic E-state index is 13.4. The van der Waals surface area contributed by atoms with E-state index in [1.807, 2.05) is 38.2 Å². The highest BCUT2D eigenvalue weighted by molar-refractivity contribution is 7.80. The highest BCUT2D eigenvalue weighted by Crippen LogP contribution is 2.38. The van der Waals surface area contributed by atoms with Crippen LogP contribution in [0.15, 0.2) is 66.4 Å². The maximum Gasteiger partial charge on any atom is 0.193 e. The predicted molar refractivity (Wildman–Crippen MR) is 118 cm³/mol. The van der Waals surface area contributed by atoms with E-state index in [1.54, 1.807) is 29.2 Å². The minimum Gasteiger partial charge on any atom is -0.504 e. The molecule has 0 amide bonds. The van der Waals surface area contributed by atoms with Gasteiger partial charge in [0.2, 0.25) is 0 Å². The minimum absolute atomic E-state index is 0.0725. The van der Waals surface area contributed by atoms with Crippen molar-refractivity contribution < 1.29 is 14.6 Å². The molecule has 2 aromatic carbocycles. The van der Waals surface area contributed by atoms with Gasteiger partial charge in [-0.25, -0.2) is 0 Å².